The minimum absolute atomic E-state index is 0.0251. The average Bonchev–Trinajstić information content (AvgIpc) is 2.70. The summed E-state index contributed by atoms with van der Waals surface area (Å²) in [6.45, 7) is 4.77. The Hall–Kier alpha value is -1.34. The third-order valence-corrected chi connectivity index (χ3v) is 6.67. The van der Waals surface area contributed by atoms with E-state index in [0.717, 1.165) is 9.79 Å². The molecule has 0 saturated heterocycles. The Balaban J connectivity index is 1.61. The van der Waals surface area contributed by atoms with Gasteiger partial charge in [-0.3, -0.25) is 9.59 Å². The van der Waals surface area contributed by atoms with Gasteiger partial charge >= 0.3 is 0 Å². The van der Waals surface area contributed by atoms with Crippen LogP contribution in [-0.2, 0) is 9.59 Å². The summed E-state index contributed by atoms with van der Waals surface area (Å²) >= 11 is 14.7. The Morgan fingerprint density at radius 2 is 1.10 bits per heavy atom. The Kier molecular flexibility index (Phi) is 10.2. The molecule has 8 heteroatoms. The smallest absolute Gasteiger partial charge is 0.233 e. The van der Waals surface area contributed by atoms with Crippen LogP contribution in [0.2, 0.25) is 10.0 Å². The van der Waals surface area contributed by atoms with Gasteiger partial charge in [-0.2, -0.15) is 0 Å². The molecule has 0 spiro atoms. The van der Waals surface area contributed by atoms with E-state index in [2.05, 4.69) is 10.6 Å². The molecule has 2 amide bonds. The summed E-state index contributed by atoms with van der Waals surface area (Å²) in [7, 11) is 0. The highest BCUT2D eigenvalue weighted by Gasteiger charge is 2.15. The fourth-order valence-electron chi connectivity index (χ4n) is 2.34. The predicted molar refractivity (Wildman–Crippen MR) is 124 cm³/mol. The van der Waals surface area contributed by atoms with Gasteiger partial charge in [0, 0.05) is 32.9 Å². The average molecular weight is 471 g/mol. The maximum atomic E-state index is 12.2. The summed E-state index contributed by atoms with van der Waals surface area (Å²) in [5.41, 5.74) is 0. The zero-order chi connectivity index (χ0) is 21.2. The number of benzene rings is 2. The van der Waals surface area contributed by atoms with Crippen molar-refractivity contribution >= 4 is 58.5 Å². The van der Waals surface area contributed by atoms with Crippen LogP contribution < -0.4 is 10.6 Å². The second-order valence-electron chi connectivity index (χ2n) is 6.36. The van der Waals surface area contributed by atoms with E-state index in [1.807, 2.05) is 62.4 Å². The molecule has 156 valence electrons. The molecule has 2 N–H and O–H groups in total. The van der Waals surface area contributed by atoms with Gasteiger partial charge in [0.15, 0.2) is 0 Å². The molecule has 2 aromatic rings. The molecule has 0 bridgehead atoms. The summed E-state index contributed by atoms with van der Waals surface area (Å²) in [4.78, 5) is 26.4. The van der Waals surface area contributed by atoms with Crippen LogP contribution in [0.5, 0.6) is 0 Å². The van der Waals surface area contributed by atoms with E-state index in [9.17, 15) is 9.59 Å². The van der Waals surface area contributed by atoms with Crippen molar-refractivity contribution in [3.8, 4) is 0 Å². The van der Waals surface area contributed by atoms with Crippen LogP contribution in [0, 0.1) is 0 Å². The second-order valence-corrected chi connectivity index (χ2v) is 10.1. The fourth-order valence-corrected chi connectivity index (χ4v) is 4.38. The highest BCUT2D eigenvalue weighted by atomic mass is 35.5. The van der Waals surface area contributed by atoms with Crippen molar-refractivity contribution in [1.82, 2.24) is 10.6 Å². The van der Waals surface area contributed by atoms with Crippen LogP contribution in [0.25, 0.3) is 0 Å². The Labute approximate surface area is 190 Å². The van der Waals surface area contributed by atoms with Crippen LogP contribution >= 0.6 is 46.7 Å². The van der Waals surface area contributed by atoms with E-state index >= 15 is 0 Å². The quantitative estimate of drug-likeness (QED) is 0.366. The van der Waals surface area contributed by atoms with E-state index in [0.29, 0.717) is 29.6 Å². The van der Waals surface area contributed by atoms with Crippen LogP contribution in [0.3, 0.4) is 0 Å². The first-order valence-electron chi connectivity index (χ1n) is 9.25. The normalized spacial score (nSPS) is 12.8. The van der Waals surface area contributed by atoms with Gasteiger partial charge < -0.3 is 10.6 Å². The third-order valence-electron chi connectivity index (χ3n) is 3.94. The van der Waals surface area contributed by atoms with Crippen molar-refractivity contribution < 1.29 is 9.59 Å². The van der Waals surface area contributed by atoms with Crippen LogP contribution in [0.4, 0.5) is 0 Å². The van der Waals surface area contributed by atoms with E-state index in [-0.39, 0.29) is 22.3 Å². The van der Waals surface area contributed by atoms with Crippen molar-refractivity contribution in [2.24, 2.45) is 0 Å². The first-order chi connectivity index (χ1) is 13.8. The molecule has 0 heterocycles. The highest BCUT2D eigenvalue weighted by molar-refractivity contribution is 8.00. The number of hydrogen-bond donors (Lipinski definition) is 2. The largest absolute Gasteiger partial charge is 0.355 e. The summed E-state index contributed by atoms with van der Waals surface area (Å²) in [5, 5.41) is 6.75. The third kappa shape index (κ3) is 8.91. The zero-order valence-corrected chi connectivity index (χ0v) is 19.4. The number of carbonyl (C=O) groups excluding carboxylic acids is 2. The number of thioether (sulfide) groups is 2. The molecular formula is C21H24Cl2N2O2S2. The van der Waals surface area contributed by atoms with E-state index in [1.165, 1.54) is 23.5 Å². The molecule has 2 aromatic carbocycles. The van der Waals surface area contributed by atoms with Crippen molar-refractivity contribution in [3.63, 3.8) is 0 Å². The van der Waals surface area contributed by atoms with Crippen LogP contribution in [0.15, 0.2) is 58.3 Å². The lowest BCUT2D eigenvalue weighted by Crippen LogP contribution is -2.35. The number of amides is 2. The maximum Gasteiger partial charge on any atom is 0.233 e. The number of rotatable bonds is 10. The molecule has 0 fully saturated rings. The minimum Gasteiger partial charge on any atom is -0.355 e. The van der Waals surface area contributed by atoms with Crippen molar-refractivity contribution in [1.29, 1.82) is 0 Å². The maximum absolute atomic E-state index is 12.2. The van der Waals surface area contributed by atoms with Crippen LogP contribution in [0.1, 0.15) is 20.3 Å². The van der Waals surface area contributed by atoms with Crippen molar-refractivity contribution in [3.05, 3.63) is 58.6 Å². The van der Waals surface area contributed by atoms with Gasteiger partial charge in [0.1, 0.15) is 0 Å². The number of carbonyl (C=O) groups is 2. The second kappa shape index (κ2) is 12.4. The van der Waals surface area contributed by atoms with Gasteiger partial charge in [-0.1, -0.05) is 23.2 Å². The lowest BCUT2D eigenvalue weighted by Gasteiger charge is -2.14. The van der Waals surface area contributed by atoms with Gasteiger partial charge in [-0.25, -0.2) is 0 Å². The van der Waals surface area contributed by atoms with E-state index < -0.39 is 0 Å². The predicted octanol–water partition coefficient (Wildman–Crippen LogP) is 5.28. The fraction of sp³-hybridized carbons (Fsp3) is 0.333. The number of halogens is 2. The summed E-state index contributed by atoms with van der Waals surface area (Å²) in [6.07, 6.45) is 0.675. The molecule has 0 aliphatic heterocycles. The minimum atomic E-state index is -0.207. The van der Waals surface area contributed by atoms with Crippen molar-refractivity contribution in [2.75, 3.05) is 13.1 Å². The lowest BCUT2D eigenvalue weighted by molar-refractivity contribution is -0.120. The molecule has 4 nitrogen and oxygen atoms in total. The summed E-state index contributed by atoms with van der Waals surface area (Å²) in [5.74, 6) is -0.0501. The molecule has 29 heavy (non-hydrogen) atoms. The molecule has 0 aliphatic rings. The highest BCUT2D eigenvalue weighted by Crippen LogP contribution is 2.25. The Morgan fingerprint density at radius 3 is 1.45 bits per heavy atom. The molecule has 2 rings (SSSR count). The van der Waals surface area contributed by atoms with E-state index in [1.54, 1.807) is 0 Å². The summed E-state index contributed by atoms with van der Waals surface area (Å²) in [6, 6.07) is 14.8. The van der Waals surface area contributed by atoms with E-state index in [4.69, 9.17) is 23.2 Å². The molecule has 0 aromatic heterocycles. The molecule has 2 atom stereocenters. The Morgan fingerprint density at radius 1 is 0.759 bits per heavy atom. The van der Waals surface area contributed by atoms with Gasteiger partial charge in [0.05, 0.1) is 10.5 Å². The summed E-state index contributed by atoms with van der Waals surface area (Å²) < 4.78 is 0. The number of nitrogens with one attached hydrogen (secondary N) is 2. The molecular weight excluding hydrogens is 447 g/mol. The molecule has 0 aliphatic carbocycles. The van der Waals surface area contributed by atoms with Gasteiger partial charge in [0.25, 0.3) is 0 Å². The van der Waals surface area contributed by atoms with Crippen molar-refractivity contribution in [2.45, 2.75) is 40.6 Å². The van der Waals surface area contributed by atoms with Gasteiger partial charge in [-0.05, 0) is 68.8 Å². The standard InChI is InChI=1S/C21H24Cl2N2O2S2/c1-14(28-18-8-4-16(22)5-9-18)20(26)24-12-3-13-25-21(27)15(2)29-19-10-6-17(23)7-11-19/h4-11,14-15H,3,12-13H2,1-2H3,(H,24,26)(H,25,27)/t14-,15-/m0/s1. The Bertz CT molecular complexity index is 734. The SMILES string of the molecule is C[C@H](Sc1ccc(Cl)cc1)C(=O)NCCCNC(=O)[C@H](C)Sc1ccc(Cl)cc1. The zero-order valence-electron chi connectivity index (χ0n) is 16.3. The molecule has 0 saturated carbocycles. The first-order valence-corrected chi connectivity index (χ1v) is 11.8. The lowest BCUT2D eigenvalue weighted by atomic mass is 10.3. The van der Waals surface area contributed by atoms with Gasteiger partial charge in [0.2, 0.25) is 11.8 Å². The van der Waals surface area contributed by atoms with Gasteiger partial charge in [-0.15, -0.1) is 23.5 Å². The first kappa shape index (κ1) is 23.9. The monoisotopic (exact) mass is 470 g/mol. The molecule has 0 radical (unpaired) electrons. The topological polar surface area (TPSA) is 58.2 Å². The number of hydrogen-bond acceptors (Lipinski definition) is 4. The van der Waals surface area contributed by atoms with Crippen LogP contribution in [-0.4, -0.2) is 35.4 Å². The molecule has 0 unspecified atom stereocenters.